The van der Waals surface area contributed by atoms with E-state index in [2.05, 4.69) is 43.2 Å². The molecule has 1 aromatic carbocycles. The van der Waals surface area contributed by atoms with E-state index in [-0.39, 0.29) is 23.1 Å². The molecule has 1 aliphatic carbocycles. The summed E-state index contributed by atoms with van der Waals surface area (Å²) in [6.45, 7) is 2.99. The van der Waals surface area contributed by atoms with Crippen LogP contribution in [-0.4, -0.2) is 63.0 Å². The zero-order valence-corrected chi connectivity index (χ0v) is 17.8. The van der Waals surface area contributed by atoms with Crippen molar-refractivity contribution in [1.82, 2.24) is 25.0 Å². The summed E-state index contributed by atoms with van der Waals surface area (Å²) in [5.74, 6) is 0.950. The number of hydrogen-bond donors (Lipinski definition) is 1. The van der Waals surface area contributed by atoms with Gasteiger partial charge in [0, 0.05) is 42.0 Å². The first-order valence-corrected chi connectivity index (χ1v) is 11.0. The Hall–Kier alpha value is -2.22. The highest BCUT2D eigenvalue weighted by atomic mass is 79.9. The van der Waals surface area contributed by atoms with Gasteiger partial charge in [-0.1, -0.05) is 28.1 Å². The number of carbonyl (C=O) groups is 2. The van der Waals surface area contributed by atoms with Gasteiger partial charge in [0.05, 0.1) is 0 Å². The fraction of sp³-hybridized carbons (Fsp3) is 0.524. The highest BCUT2D eigenvalue weighted by Gasteiger charge is 2.50. The number of amides is 2. The number of H-pyrrole nitrogens is 1. The van der Waals surface area contributed by atoms with E-state index in [4.69, 9.17) is 0 Å². The third kappa shape index (κ3) is 3.58. The van der Waals surface area contributed by atoms with Crippen LogP contribution in [0.2, 0.25) is 0 Å². The lowest BCUT2D eigenvalue weighted by molar-refractivity contribution is -0.132. The first kappa shape index (κ1) is 18.8. The first-order valence-electron chi connectivity index (χ1n) is 10.2. The van der Waals surface area contributed by atoms with E-state index in [1.54, 1.807) is 0 Å². The molecule has 5 rings (SSSR count). The Morgan fingerprint density at radius 3 is 2.66 bits per heavy atom. The van der Waals surface area contributed by atoms with Gasteiger partial charge < -0.3 is 9.80 Å². The molecule has 1 N–H and O–H groups in total. The minimum Gasteiger partial charge on any atom is -0.342 e. The SMILES string of the molecule is O=C(c1ncn[nH]1)N1CCCC2(CCN(C(=O)[C@H]3C[C@@H]3c3ccc(Br)cc3)C2)C1. The number of aromatic nitrogens is 3. The van der Waals surface area contributed by atoms with Crippen LogP contribution < -0.4 is 0 Å². The minimum atomic E-state index is -0.0937. The molecule has 152 valence electrons. The average molecular weight is 458 g/mol. The number of aromatic amines is 1. The lowest BCUT2D eigenvalue weighted by atomic mass is 9.79. The summed E-state index contributed by atoms with van der Waals surface area (Å²) in [5.41, 5.74) is 1.27. The number of likely N-dealkylation sites (tertiary alicyclic amines) is 2. The lowest BCUT2D eigenvalue weighted by Gasteiger charge is -2.40. The number of halogens is 1. The minimum absolute atomic E-state index is 0.0194. The van der Waals surface area contributed by atoms with Gasteiger partial charge >= 0.3 is 0 Å². The lowest BCUT2D eigenvalue weighted by Crippen LogP contribution is -2.48. The van der Waals surface area contributed by atoms with E-state index in [0.717, 1.165) is 49.8 Å². The molecule has 7 nitrogen and oxygen atoms in total. The maximum absolute atomic E-state index is 13.1. The van der Waals surface area contributed by atoms with Crippen LogP contribution in [-0.2, 0) is 4.79 Å². The highest BCUT2D eigenvalue weighted by molar-refractivity contribution is 9.10. The maximum atomic E-state index is 13.1. The summed E-state index contributed by atoms with van der Waals surface area (Å²) >= 11 is 3.47. The Kier molecular flexibility index (Phi) is 4.69. The van der Waals surface area contributed by atoms with Crippen molar-refractivity contribution >= 4 is 27.7 Å². The highest BCUT2D eigenvalue weighted by Crippen LogP contribution is 2.50. The number of rotatable bonds is 3. The van der Waals surface area contributed by atoms with E-state index < -0.39 is 0 Å². The Balaban J connectivity index is 1.22. The second kappa shape index (κ2) is 7.23. The average Bonchev–Trinajstić information content (AvgIpc) is 3.14. The molecule has 2 amide bonds. The molecule has 2 aromatic rings. The Bertz CT molecular complexity index is 916. The van der Waals surface area contributed by atoms with E-state index in [9.17, 15) is 9.59 Å². The van der Waals surface area contributed by atoms with Gasteiger partial charge in [-0.25, -0.2) is 4.98 Å². The van der Waals surface area contributed by atoms with Crippen LogP contribution in [0.25, 0.3) is 0 Å². The van der Waals surface area contributed by atoms with Gasteiger partial charge in [-0.3, -0.25) is 14.7 Å². The van der Waals surface area contributed by atoms with Crippen LogP contribution in [0.1, 0.15) is 47.8 Å². The van der Waals surface area contributed by atoms with Gasteiger partial charge in [0.15, 0.2) is 0 Å². The summed E-state index contributed by atoms with van der Waals surface area (Å²) in [5, 5.41) is 6.45. The van der Waals surface area contributed by atoms with Crippen LogP contribution in [0.4, 0.5) is 0 Å². The number of nitrogens with zero attached hydrogens (tertiary/aromatic N) is 4. The molecule has 1 spiro atoms. The molecule has 3 fully saturated rings. The molecular weight excluding hydrogens is 434 g/mol. The molecule has 8 heteroatoms. The molecule has 1 saturated carbocycles. The molecule has 1 unspecified atom stereocenters. The van der Waals surface area contributed by atoms with Crippen molar-refractivity contribution in [2.75, 3.05) is 26.2 Å². The Morgan fingerprint density at radius 2 is 1.90 bits per heavy atom. The molecule has 1 aromatic heterocycles. The normalized spacial score (nSPS) is 28.7. The van der Waals surface area contributed by atoms with Crippen molar-refractivity contribution in [2.45, 2.75) is 31.6 Å². The van der Waals surface area contributed by atoms with Crippen LogP contribution in [0.15, 0.2) is 35.1 Å². The fourth-order valence-corrected chi connectivity index (χ4v) is 5.34. The smallest absolute Gasteiger partial charge is 0.291 e. The molecular formula is C21H24BrN5O2. The largest absolute Gasteiger partial charge is 0.342 e. The summed E-state index contributed by atoms with van der Waals surface area (Å²) in [6.07, 6.45) is 5.31. The van der Waals surface area contributed by atoms with Gasteiger partial charge in [0.1, 0.15) is 6.33 Å². The van der Waals surface area contributed by atoms with Gasteiger partial charge in [-0.15, -0.1) is 0 Å². The zero-order valence-electron chi connectivity index (χ0n) is 16.2. The van der Waals surface area contributed by atoms with Gasteiger partial charge in [-0.2, -0.15) is 5.10 Å². The molecule has 2 saturated heterocycles. The fourth-order valence-electron chi connectivity index (χ4n) is 5.08. The molecule has 3 aliphatic rings. The third-order valence-corrected chi connectivity index (χ3v) is 7.25. The van der Waals surface area contributed by atoms with Crippen LogP contribution in [0, 0.1) is 11.3 Å². The number of nitrogens with one attached hydrogen (secondary N) is 1. The Labute approximate surface area is 178 Å². The monoisotopic (exact) mass is 457 g/mol. The summed E-state index contributed by atoms with van der Waals surface area (Å²) in [7, 11) is 0. The zero-order chi connectivity index (χ0) is 20.0. The first-order chi connectivity index (χ1) is 14.0. The number of carbonyl (C=O) groups excluding carboxylic acids is 2. The molecule has 2 aliphatic heterocycles. The standard InChI is InChI=1S/C21H24BrN5O2/c22-15-4-2-14(3-5-15)16-10-17(16)19(28)27-9-7-21(12-27)6-1-8-26(11-21)20(29)18-23-13-24-25-18/h2-5,13,16-17H,1,6-12H2,(H,23,24,25)/t16-,17+,21?/m1/s1. The van der Waals surface area contributed by atoms with Crippen LogP contribution in [0.3, 0.4) is 0 Å². The quantitative estimate of drug-likeness (QED) is 0.767. The van der Waals surface area contributed by atoms with Gasteiger partial charge in [-0.05, 0) is 49.3 Å². The number of piperidine rings is 1. The predicted octanol–water partition coefficient (Wildman–Crippen LogP) is 2.83. The van der Waals surface area contributed by atoms with Crippen molar-refractivity contribution < 1.29 is 9.59 Å². The van der Waals surface area contributed by atoms with E-state index >= 15 is 0 Å². The van der Waals surface area contributed by atoms with Crippen molar-refractivity contribution in [2.24, 2.45) is 11.3 Å². The van der Waals surface area contributed by atoms with Crippen molar-refractivity contribution in [1.29, 1.82) is 0 Å². The third-order valence-electron chi connectivity index (χ3n) is 6.72. The second-order valence-corrected chi connectivity index (χ2v) is 9.59. The molecule has 3 atom stereocenters. The van der Waals surface area contributed by atoms with Crippen molar-refractivity contribution in [3.8, 4) is 0 Å². The van der Waals surface area contributed by atoms with Crippen LogP contribution in [0.5, 0.6) is 0 Å². The van der Waals surface area contributed by atoms with Crippen LogP contribution >= 0.6 is 15.9 Å². The summed E-state index contributed by atoms with van der Waals surface area (Å²) in [6, 6.07) is 8.31. The number of benzene rings is 1. The molecule has 0 radical (unpaired) electrons. The Morgan fingerprint density at radius 1 is 1.10 bits per heavy atom. The molecule has 0 bridgehead atoms. The molecule has 29 heavy (non-hydrogen) atoms. The maximum Gasteiger partial charge on any atom is 0.291 e. The van der Waals surface area contributed by atoms with Gasteiger partial charge in [0.25, 0.3) is 5.91 Å². The van der Waals surface area contributed by atoms with Crippen molar-refractivity contribution in [3.63, 3.8) is 0 Å². The summed E-state index contributed by atoms with van der Waals surface area (Å²) in [4.78, 5) is 33.7. The van der Waals surface area contributed by atoms with E-state index in [0.29, 0.717) is 18.3 Å². The predicted molar refractivity (Wildman–Crippen MR) is 110 cm³/mol. The second-order valence-electron chi connectivity index (χ2n) is 8.67. The molecule has 3 heterocycles. The summed E-state index contributed by atoms with van der Waals surface area (Å²) < 4.78 is 1.06. The van der Waals surface area contributed by atoms with Gasteiger partial charge in [0.2, 0.25) is 11.7 Å². The van der Waals surface area contributed by atoms with E-state index in [1.807, 2.05) is 21.9 Å². The topological polar surface area (TPSA) is 82.2 Å². The van der Waals surface area contributed by atoms with E-state index in [1.165, 1.54) is 11.9 Å². The number of hydrogen-bond acceptors (Lipinski definition) is 4. The van der Waals surface area contributed by atoms with Crippen molar-refractivity contribution in [3.05, 3.63) is 46.5 Å².